The zero-order valence-electron chi connectivity index (χ0n) is 6.74. The molecule has 0 N–H and O–H groups in total. The van der Waals surface area contributed by atoms with Crippen LogP contribution in [-0.4, -0.2) is 16.4 Å². The van der Waals surface area contributed by atoms with Gasteiger partial charge in [0.05, 0.1) is 0 Å². The highest BCUT2D eigenvalue weighted by molar-refractivity contribution is 9.10. The molecule has 0 saturated carbocycles. The van der Waals surface area contributed by atoms with E-state index in [0.29, 0.717) is 0 Å². The van der Waals surface area contributed by atoms with E-state index in [4.69, 9.17) is 4.74 Å². The number of nitrogens with zero attached hydrogens (tertiary/aromatic N) is 2. The Balaban J connectivity index is 2.08. The lowest BCUT2D eigenvalue weighted by Crippen LogP contribution is -2.18. The van der Waals surface area contributed by atoms with Gasteiger partial charge in [-0.1, -0.05) is 0 Å². The topological polar surface area (TPSA) is 27.1 Å². The molecule has 1 aromatic heterocycles. The van der Waals surface area contributed by atoms with E-state index in [1.807, 2.05) is 16.9 Å². The van der Waals surface area contributed by atoms with E-state index in [0.717, 1.165) is 17.6 Å². The van der Waals surface area contributed by atoms with Crippen molar-refractivity contribution in [1.82, 2.24) is 9.78 Å². The summed E-state index contributed by atoms with van der Waals surface area (Å²) in [6, 6.07) is 1.93. The average molecular weight is 231 g/mol. The van der Waals surface area contributed by atoms with Crippen molar-refractivity contribution in [3.05, 3.63) is 16.9 Å². The van der Waals surface area contributed by atoms with E-state index in [1.165, 1.54) is 12.8 Å². The molecule has 4 heteroatoms. The first kappa shape index (κ1) is 8.26. The van der Waals surface area contributed by atoms with E-state index in [2.05, 4.69) is 21.0 Å². The van der Waals surface area contributed by atoms with Crippen LogP contribution in [0, 0.1) is 0 Å². The van der Waals surface area contributed by atoms with Crippen LogP contribution < -0.4 is 0 Å². The third-order valence-electron chi connectivity index (χ3n) is 2.03. The molecular weight excluding hydrogens is 220 g/mol. The van der Waals surface area contributed by atoms with Crippen LogP contribution in [0.2, 0.25) is 0 Å². The maximum absolute atomic E-state index is 5.56. The number of hydrogen-bond donors (Lipinski definition) is 0. The Morgan fingerprint density at radius 1 is 1.58 bits per heavy atom. The molecule has 3 nitrogen and oxygen atoms in total. The average Bonchev–Trinajstić information content (AvgIpc) is 2.54. The minimum Gasteiger partial charge on any atom is -0.357 e. The van der Waals surface area contributed by atoms with E-state index < -0.39 is 0 Å². The Morgan fingerprint density at radius 3 is 3.08 bits per heavy atom. The third-order valence-corrected chi connectivity index (χ3v) is 2.45. The molecule has 0 spiro atoms. The summed E-state index contributed by atoms with van der Waals surface area (Å²) in [5, 5.41) is 4.24. The van der Waals surface area contributed by atoms with Gasteiger partial charge in [-0.3, -0.25) is 0 Å². The molecule has 2 heterocycles. The molecule has 12 heavy (non-hydrogen) atoms. The van der Waals surface area contributed by atoms with Crippen LogP contribution in [0.1, 0.15) is 25.5 Å². The Morgan fingerprint density at radius 2 is 2.50 bits per heavy atom. The molecule has 0 unspecified atom stereocenters. The number of hydrogen-bond acceptors (Lipinski definition) is 2. The number of rotatable bonds is 1. The number of halogens is 1. The maximum atomic E-state index is 5.56. The van der Waals surface area contributed by atoms with Crippen LogP contribution in [0.3, 0.4) is 0 Å². The molecule has 1 aliphatic rings. The monoisotopic (exact) mass is 230 g/mol. The first-order valence-corrected chi connectivity index (χ1v) is 4.98. The Labute approximate surface area is 79.8 Å². The van der Waals surface area contributed by atoms with Gasteiger partial charge in [-0.05, 0) is 41.3 Å². The second-order valence-electron chi connectivity index (χ2n) is 2.94. The normalized spacial score (nSPS) is 24.2. The molecule has 0 aromatic carbocycles. The van der Waals surface area contributed by atoms with Crippen LogP contribution in [0.25, 0.3) is 0 Å². The molecule has 0 aliphatic carbocycles. The molecule has 1 atom stereocenters. The maximum Gasteiger partial charge on any atom is 0.150 e. The predicted octanol–water partition coefficient (Wildman–Crippen LogP) is 2.34. The minimum absolute atomic E-state index is 0.157. The van der Waals surface area contributed by atoms with Crippen LogP contribution in [0.15, 0.2) is 16.9 Å². The van der Waals surface area contributed by atoms with Gasteiger partial charge < -0.3 is 4.74 Å². The standard InChI is InChI=1S/C8H11BrN2O/c9-7-4-5-11(10-7)8-3-1-2-6-12-8/h4-5,8H,1-3,6H2/t8-/m0/s1. The van der Waals surface area contributed by atoms with Gasteiger partial charge in [0.15, 0.2) is 0 Å². The lowest BCUT2D eigenvalue weighted by atomic mass is 10.2. The fraction of sp³-hybridized carbons (Fsp3) is 0.625. The SMILES string of the molecule is Brc1ccn([C@@H]2CCCCO2)n1. The molecule has 1 aliphatic heterocycles. The van der Waals surface area contributed by atoms with Crippen molar-refractivity contribution in [2.45, 2.75) is 25.5 Å². The fourth-order valence-electron chi connectivity index (χ4n) is 1.41. The van der Waals surface area contributed by atoms with Crippen LogP contribution in [0.5, 0.6) is 0 Å². The molecule has 66 valence electrons. The van der Waals surface area contributed by atoms with Crippen LogP contribution >= 0.6 is 15.9 Å². The van der Waals surface area contributed by atoms with E-state index >= 15 is 0 Å². The van der Waals surface area contributed by atoms with Crippen molar-refractivity contribution in [2.24, 2.45) is 0 Å². The van der Waals surface area contributed by atoms with Crippen LogP contribution in [-0.2, 0) is 4.74 Å². The zero-order chi connectivity index (χ0) is 8.39. The van der Waals surface area contributed by atoms with Gasteiger partial charge in [-0.15, -0.1) is 0 Å². The number of ether oxygens (including phenoxy) is 1. The van der Waals surface area contributed by atoms with E-state index in [1.54, 1.807) is 0 Å². The summed E-state index contributed by atoms with van der Waals surface area (Å²) < 4.78 is 8.31. The number of aromatic nitrogens is 2. The van der Waals surface area contributed by atoms with Gasteiger partial charge in [-0.2, -0.15) is 5.10 Å². The summed E-state index contributed by atoms with van der Waals surface area (Å²) in [7, 11) is 0. The minimum atomic E-state index is 0.157. The summed E-state index contributed by atoms with van der Waals surface area (Å²) >= 11 is 3.31. The van der Waals surface area contributed by atoms with Gasteiger partial charge in [0, 0.05) is 12.8 Å². The summed E-state index contributed by atoms with van der Waals surface area (Å²) in [4.78, 5) is 0. The molecule has 2 rings (SSSR count). The lowest BCUT2D eigenvalue weighted by Gasteiger charge is -2.22. The third kappa shape index (κ3) is 1.69. The molecular formula is C8H11BrN2O. The van der Waals surface area contributed by atoms with Gasteiger partial charge in [0.1, 0.15) is 10.8 Å². The highest BCUT2D eigenvalue weighted by Gasteiger charge is 2.15. The van der Waals surface area contributed by atoms with E-state index in [9.17, 15) is 0 Å². The molecule has 0 amide bonds. The van der Waals surface area contributed by atoms with Gasteiger partial charge in [0.2, 0.25) is 0 Å². The van der Waals surface area contributed by atoms with Crippen molar-refractivity contribution in [3.63, 3.8) is 0 Å². The molecule has 0 radical (unpaired) electrons. The quantitative estimate of drug-likeness (QED) is 0.741. The second kappa shape index (κ2) is 3.58. The van der Waals surface area contributed by atoms with E-state index in [-0.39, 0.29) is 6.23 Å². The Bertz CT molecular complexity index is 255. The Kier molecular flexibility index (Phi) is 2.46. The second-order valence-corrected chi connectivity index (χ2v) is 3.75. The summed E-state index contributed by atoms with van der Waals surface area (Å²) in [5.74, 6) is 0. The summed E-state index contributed by atoms with van der Waals surface area (Å²) in [5.41, 5.74) is 0. The summed E-state index contributed by atoms with van der Waals surface area (Å²) in [6.45, 7) is 0.863. The van der Waals surface area contributed by atoms with Crippen molar-refractivity contribution >= 4 is 15.9 Å². The smallest absolute Gasteiger partial charge is 0.150 e. The van der Waals surface area contributed by atoms with Crippen molar-refractivity contribution < 1.29 is 4.74 Å². The van der Waals surface area contributed by atoms with Crippen LogP contribution in [0.4, 0.5) is 0 Å². The first-order chi connectivity index (χ1) is 5.86. The first-order valence-electron chi connectivity index (χ1n) is 4.18. The highest BCUT2D eigenvalue weighted by atomic mass is 79.9. The van der Waals surface area contributed by atoms with Gasteiger partial charge >= 0.3 is 0 Å². The molecule has 1 fully saturated rings. The van der Waals surface area contributed by atoms with Crippen molar-refractivity contribution in [1.29, 1.82) is 0 Å². The predicted molar refractivity (Wildman–Crippen MR) is 48.8 cm³/mol. The Hall–Kier alpha value is -0.350. The largest absolute Gasteiger partial charge is 0.357 e. The molecule has 1 aromatic rings. The van der Waals surface area contributed by atoms with Gasteiger partial charge in [0.25, 0.3) is 0 Å². The molecule has 0 bridgehead atoms. The summed E-state index contributed by atoms with van der Waals surface area (Å²) in [6.07, 6.45) is 5.60. The van der Waals surface area contributed by atoms with Crippen molar-refractivity contribution in [2.75, 3.05) is 6.61 Å². The van der Waals surface area contributed by atoms with Gasteiger partial charge in [-0.25, -0.2) is 4.68 Å². The van der Waals surface area contributed by atoms with Crippen molar-refractivity contribution in [3.8, 4) is 0 Å². The lowest BCUT2D eigenvalue weighted by molar-refractivity contribution is -0.0396. The zero-order valence-corrected chi connectivity index (χ0v) is 8.33. The highest BCUT2D eigenvalue weighted by Crippen LogP contribution is 2.22. The fourth-order valence-corrected chi connectivity index (χ4v) is 1.71. The molecule has 1 saturated heterocycles.